The minimum Gasteiger partial charge on any atom is -0.492 e. The van der Waals surface area contributed by atoms with Gasteiger partial charge < -0.3 is 14.2 Å². The number of halogens is 2. The van der Waals surface area contributed by atoms with Crippen LogP contribution in [0, 0.1) is 5.82 Å². The largest absolute Gasteiger partial charge is 0.492 e. The normalized spacial score (nSPS) is 19.1. The third-order valence-corrected chi connectivity index (χ3v) is 8.26. The van der Waals surface area contributed by atoms with Crippen molar-refractivity contribution in [2.45, 2.75) is 38.8 Å². The van der Waals surface area contributed by atoms with Gasteiger partial charge in [0.1, 0.15) is 24.7 Å². The molecule has 3 heterocycles. The topological polar surface area (TPSA) is 71.8 Å². The smallest absolute Gasteiger partial charge is 0.293 e. The summed E-state index contributed by atoms with van der Waals surface area (Å²) in [4.78, 5) is 42.2. The van der Waals surface area contributed by atoms with Crippen molar-refractivity contribution in [3.63, 3.8) is 0 Å². The van der Waals surface area contributed by atoms with Crippen LogP contribution in [0.25, 0.3) is 17.0 Å². The molecule has 2 fully saturated rings. The van der Waals surface area contributed by atoms with Gasteiger partial charge in [-0.25, -0.2) is 4.39 Å². The maximum atomic E-state index is 13.1. The van der Waals surface area contributed by atoms with E-state index in [1.54, 1.807) is 6.08 Å². The zero-order chi connectivity index (χ0) is 26.8. The monoisotopic (exact) mass is 599 g/mol. The van der Waals surface area contributed by atoms with E-state index in [2.05, 4.69) is 22.9 Å². The number of benzene rings is 2. The Balaban J connectivity index is 1.34. The van der Waals surface area contributed by atoms with Crippen LogP contribution in [-0.4, -0.2) is 57.2 Å². The molecule has 0 unspecified atom stereocenters. The van der Waals surface area contributed by atoms with E-state index in [4.69, 9.17) is 4.74 Å². The first-order valence-corrected chi connectivity index (χ1v) is 14.1. The SMILES string of the molecule is C[C@@H]1CCCCN1C(=O)Cn1cc(/C=C2\SC(=O)N(CCOc3ccc(F)cc3)C2=O)c2cc(Br)ccc21. The van der Waals surface area contributed by atoms with E-state index in [1.165, 1.54) is 24.3 Å². The van der Waals surface area contributed by atoms with Crippen LogP contribution in [0.1, 0.15) is 31.7 Å². The lowest BCUT2D eigenvalue weighted by atomic mass is 10.0. The van der Waals surface area contributed by atoms with Crippen LogP contribution >= 0.6 is 27.7 Å². The van der Waals surface area contributed by atoms with Crippen LogP contribution in [0.2, 0.25) is 0 Å². The highest BCUT2D eigenvalue weighted by atomic mass is 79.9. The number of piperidine rings is 1. The van der Waals surface area contributed by atoms with Crippen molar-refractivity contribution in [3.05, 3.63) is 69.4 Å². The second-order valence-corrected chi connectivity index (χ2v) is 11.4. The summed E-state index contributed by atoms with van der Waals surface area (Å²) in [5.41, 5.74) is 1.64. The summed E-state index contributed by atoms with van der Waals surface area (Å²) < 4.78 is 21.4. The number of imide groups is 1. The van der Waals surface area contributed by atoms with E-state index in [0.29, 0.717) is 10.7 Å². The molecule has 198 valence electrons. The molecule has 1 atom stereocenters. The molecule has 2 aliphatic heterocycles. The molecule has 0 spiro atoms. The van der Waals surface area contributed by atoms with Crippen molar-refractivity contribution >= 4 is 61.7 Å². The van der Waals surface area contributed by atoms with E-state index >= 15 is 0 Å². The number of hydrogen-bond acceptors (Lipinski definition) is 5. The van der Waals surface area contributed by atoms with Gasteiger partial charge in [-0.15, -0.1) is 0 Å². The number of carbonyl (C=O) groups is 3. The minimum atomic E-state index is -0.392. The van der Waals surface area contributed by atoms with Gasteiger partial charge in [0.05, 0.1) is 11.4 Å². The number of likely N-dealkylation sites (tertiary alicyclic amines) is 1. The van der Waals surface area contributed by atoms with Crippen molar-refractivity contribution in [1.82, 2.24) is 14.4 Å². The number of aromatic nitrogens is 1. The average Bonchev–Trinajstić information content (AvgIpc) is 3.36. The van der Waals surface area contributed by atoms with Crippen LogP contribution in [0.5, 0.6) is 5.75 Å². The zero-order valence-corrected chi connectivity index (χ0v) is 23.3. The Morgan fingerprint density at radius 2 is 1.97 bits per heavy atom. The molecule has 2 aliphatic rings. The highest BCUT2D eigenvalue weighted by Crippen LogP contribution is 2.35. The van der Waals surface area contributed by atoms with Crippen molar-refractivity contribution in [1.29, 1.82) is 0 Å². The highest BCUT2D eigenvalue weighted by Gasteiger charge is 2.35. The molecular weight excluding hydrogens is 573 g/mol. The summed E-state index contributed by atoms with van der Waals surface area (Å²) in [6.07, 6.45) is 6.76. The average molecular weight is 601 g/mol. The summed E-state index contributed by atoms with van der Waals surface area (Å²) in [5, 5.41) is 0.508. The van der Waals surface area contributed by atoms with Crippen LogP contribution in [0.15, 0.2) is 58.0 Å². The van der Waals surface area contributed by atoms with Crippen molar-refractivity contribution < 1.29 is 23.5 Å². The molecule has 38 heavy (non-hydrogen) atoms. The summed E-state index contributed by atoms with van der Waals surface area (Å²) >= 11 is 4.40. The van der Waals surface area contributed by atoms with Gasteiger partial charge in [0.2, 0.25) is 5.91 Å². The maximum Gasteiger partial charge on any atom is 0.293 e. The van der Waals surface area contributed by atoms with E-state index in [-0.39, 0.29) is 42.7 Å². The fourth-order valence-electron chi connectivity index (χ4n) is 4.87. The summed E-state index contributed by atoms with van der Waals surface area (Å²) in [6.45, 7) is 3.25. The second kappa shape index (κ2) is 11.3. The fourth-order valence-corrected chi connectivity index (χ4v) is 6.08. The third kappa shape index (κ3) is 5.66. The summed E-state index contributed by atoms with van der Waals surface area (Å²) in [5.74, 6) is -0.227. The van der Waals surface area contributed by atoms with Crippen LogP contribution in [-0.2, 0) is 16.1 Å². The van der Waals surface area contributed by atoms with Gasteiger partial charge in [0.15, 0.2) is 0 Å². The van der Waals surface area contributed by atoms with E-state index in [9.17, 15) is 18.8 Å². The number of hydrogen-bond donors (Lipinski definition) is 0. The molecule has 0 bridgehead atoms. The van der Waals surface area contributed by atoms with Gasteiger partial charge in [-0.2, -0.15) is 0 Å². The number of amides is 3. The third-order valence-electron chi connectivity index (χ3n) is 6.86. The number of nitrogens with zero attached hydrogens (tertiary/aromatic N) is 3. The molecule has 7 nitrogen and oxygen atoms in total. The van der Waals surface area contributed by atoms with Crippen LogP contribution in [0.3, 0.4) is 0 Å². The number of ether oxygens (including phenoxy) is 1. The Bertz CT molecular complexity index is 1420. The molecule has 3 aromatic rings. The summed E-state index contributed by atoms with van der Waals surface area (Å²) in [7, 11) is 0. The van der Waals surface area contributed by atoms with Gasteiger partial charge >= 0.3 is 0 Å². The maximum absolute atomic E-state index is 13.1. The van der Waals surface area contributed by atoms with Gasteiger partial charge in [0, 0.05) is 39.7 Å². The second-order valence-electron chi connectivity index (χ2n) is 9.44. The lowest BCUT2D eigenvalue weighted by Crippen LogP contribution is -2.43. The summed E-state index contributed by atoms with van der Waals surface area (Å²) in [6, 6.07) is 11.6. The lowest BCUT2D eigenvalue weighted by molar-refractivity contribution is -0.135. The lowest BCUT2D eigenvalue weighted by Gasteiger charge is -2.33. The van der Waals surface area contributed by atoms with Crippen molar-refractivity contribution in [3.8, 4) is 5.75 Å². The van der Waals surface area contributed by atoms with Gasteiger partial charge in [-0.05, 0) is 86.5 Å². The fraction of sp³-hybridized carbons (Fsp3) is 0.321. The minimum absolute atomic E-state index is 0.0741. The molecule has 0 radical (unpaired) electrons. The first kappa shape index (κ1) is 26.5. The molecule has 3 amide bonds. The molecule has 2 aromatic carbocycles. The Labute approximate surface area is 232 Å². The van der Waals surface area contributed by atoms with Gasteiger partial charge in [-0.3, -0.25) is 19.3 Å². The highest BCUT2D eigenvalue weighted by molar-refractivity contribution is 9.10. The Morgan fingerprint density at radius 3 is 2.74 bits per heavy atom. The first-order chi connectivity index (χ1) is 18.3. The molecule has 1 aromatic heterocycles. The van der Waals surface area contributed by atoms with Crippen molar-refractivity contribution in [2.24, 2.45) is 0 Å². The molecule has 0 aliphatic carbocycles. The Morgan fingerprint density at radius 1 is 1.18 bits per heavy atom. The predicted molar refractivity (Wildman–Crippen MR) is 149 cm³/mol. The molecule has 0 saturated carbocycles. The van der Waals surface area contributed by atoms with Gasteiger partial charge in [0.25, 0.3) is 11.1 Å². The Kier molecular flexibility index (Phi) is 7.90. The first-order valence-electron chi connectivity index (χ1n) is 12.5. The molecule has 0 N–H and O–H groups in total. The Hall–Kier alpha value is -3.11. The zero-order valence-electron chi connectivity index (χ0n) is 20.9. The van der Waals surface area contributed by atoms with Crippen molar-refractivity contribution in [2.75, 3.05) is 19.7 Å². The quantitative estimate of drug-likeness (QED) is 0.309. The van der Waals surface area contributed by atoms with E-state index in [0.717, 1.165) is 63.4 Å². The van der Waals surface area contributed by atoms with E-state index in [1.807, 2.05) is 33.9 Å². The number of thioether (sulfide) groups is 1. The van der Waals surface area contributed by atoms with Gasteiger partial charge in [-0.1, -0.05) is 15.9 Å². The standard InChI is InChI=1S/C28H27BrFN3O4S/c1-18-4-2-3-11-32(18)26(34)17-31-16-19(23-15-20(29)5-10-24(23)31)14-25-27(35)33(28(36)38-25)12-13-37-22-8-6-21(30)7-9-22/h5-10,14-16,18H,2-4,11-13,17H2,1H3/b25-14-/t18-/m1/s1. The molecule has 2 saturated heterocycles. The molecule has 10 heteroatoms. The number of fused-ring (bicyclic) bond motifs is 1. The molecular formula is C28H27BrFN3O4S. The number of rotatable bonds is 7. The van der Waals surface area contributed by atoms with Crippen LogP contribution < -0.4 is 4.74 Å². The van der Waals surface area contributed by atoms with Crippen LogP contribution in [0.4, 0.5) is 9.18 Å². The van der Waals surface area contributed by atoms with E-state index < -0.39 is 5.91 Å². The molecule has 5 rings (SSSR count). The predicted octanol–water partition coefficient (Wildman–Crippen LogP) is 6.06. The number of carbonyl (C=O) groups excluding carboxylic acids is 3.